The van der Waals surface area contributed by atoms with E-state index in [1.165, 1.54) is 40.9 Å². The predicted octanol–water partition coefficient (Wildman–Crippen LogP) is 2.82. The summed E-state index contributed by atoms with van der Waals surface area (Å²) in [5.74, 6) is -1.85. The third-order valence-corrected chi connectivity index (χ3v) is 5.15. The van der Waals surface area contributed by atoms with Crippen LogP contribution in [0.15, 0.2) is 41.9 Å². The van der Waals surface area contributed by atoms with E-state index in [2.05, 4.69) is 15.8 Å². The van der Waals surface area contributed by atoms with E-state index in [9.17, 15) is 14.0 Å². The number of hydrazine groups is 1. The number of nitrogens with zero attached hydrogens (tertiary/aromatic N) is 2. The molecular weight excluding hydrogens is 351 g/mol. The number of hydrogen-bond donors (Lipinski definition) is 2. The molecule has 4 aromatic rings. The summed E-state index contributed by atoms with van der Waals surface area (Å²) in [6.07, 6.45) is 1.88. The fourth-order valence-electron chi connectivity index (χ4n) is 2.25. The van der Waals surface area contributed by atoms with Gasteiger partial charge >= 0.3 is 0 Å². The second-order valence-corrected chi connectivity index (χ2v) is 6.76. The van der Waals surface area contributed by atoms with Gasteiger partial charge in [0.25, 0.3) is 11.8 Å². The number of hydrogen-bond acceptors (Lipinski definition) is 5. The number of carbonyl (C=O) groups excluding carboxylic acids is 2. The van der Waals surface area contributed by atoms with Crippen LogP contribution in [0.4, 0.5) is 4.39 Å². The molecule has 3 aromatic heterocycles. The molecule has 24 heavy (non-hydrogen) atoms. The van der Waals surface area contributed by atoms with Gasteiger partial charge in [0, 0.05) is 11.6 Å². The normalized spacial score (nSPS) is 11.0. The number of amides is 2. The molecule has 0 aliphatic heterocycles. The van der Waals surface area contributed by atoms with Gasteiger partial charge in [-0.1, -0.05) is 12.1 Å². The molecule has 0 atom stereocenters. The van der Waals surface area contributed by atoms with Gasteiger partial charge in [-0.15, -0.1) is 22.7 Å². The molecular formula is C15H9FN4O2S2. The van der Waals surface area contributed by atoms with Crippen LogP contribution in [-0.4, -0.2) is 21.2 Å². The van der Waals surface area contributed by atoms with Gasteiger partial charge in [0.1, 0.15) is 10.6 Å². The molecule has 3 heterocycles. The summed E-state index contributed by atoms with van der Waals surface area (Å²) in [5.41, 5.74) is 5.19. The van der Waals surface area contributed by atoms with Crippen LogP contribution in [0.3, 0.4) is 0 Å². The maximum atomic E-state index is 13.5. The maximum absolute atomic E-state index is 13.5. The minimum atomic E-state index is -0.718. The van der Waals surface area contributed by atoms with E-state index in [0.717, 1.165) is 15.3 Å². The zero-order valence-corrected chi connectivity index (χ0v) is 13.6. The highest BCUT2D eigenvalue weighted by atomic mass is 32.1. The number of thiophene rings is 1. The Balaban J connectivity index is 1.51. The molecule has 0 aliphatic rings. The number of rotatable bonds is 2. The molecule has 0 fully saturated rings. The van der Waals surface area contributed by atoms with E-state index in [1.807, 2.05) is 16.0 Å². The van der Waals surface area contributed by atoms with Crippen LogP contribution in [0.1, 0.15) is 20.0 Å². The Morgan fingerprint density at radius 1 is 1.17 bits per heavy atom. The second-order valence-electron chi connectivity index (χ2n) is 4.86. The van der Waals surface area contributed by atoms with Gasteiger partial charge in [-0.05, 0) is 18.2 Å². The van der Waals surface area contributed by atoms with Crippen LogP contribution in [0.2, 0.25) is 0 Å². The standard InChI is InChI=1S/C15H9FN4O2S2/c16-9-4-2-1-3-8(9)12(21)18-19-13(22)11-7-10-14(24-11)17-15-20(10)5-6-23-15/h1-7H,(H,18,21)(H,19,22). The minimum Gasteiger partial charge on any atom is -0.289 e. The van der Waals surface area contributed by atoms with Crippen LogP contribution in [0, 0.1) is 5.82 Å². The summed E-state index contributed by atoms with van der Waals surface area (Å²) in [4.78, 5) is 30.5. The van der Waals surface area contributed by atoms with E-state index in [0.29, 0.717) is 4.88 Å². The Bertz CT molecular complexity index is 1080. The average Bonchev–Trinajstić information content (AvgIpc) is 3.24. The van der Waals surface area contributed by atoms with E-state index >= 15 is 0 Å². The molecule has 0 saturated heterocycles. The first-order valence-corrected chi connectivity index (χ1v) is 8.53. The van der Waals surface area contributed by atoms with Crippen molar-refractivity contribution >= 4 is 49.8 Å². The van der Waals surface area contributed by atoms with Crippen LogP contribution in [0.25, 0.3) is 15.3 Å². The van der Waals surface area contributed by atoms with E-state index < -0.39 is 17.6 Å². The fraction of sp³-hybridized carbons (Fsp3) is 0. The number of fused-ring (bicyclic) bond motifs is 3. The topological polar surface area (TPSA) is 75.5 Å². The third kappa shape index (κ3) is 2.43. The molecule has 0 aliphatic carbocycles. The largest absolute Gasteiger partial charge is 0.289 e. The number of benzene rings is 1. The van der Waals surface area contributed by atoms with Gasteiger partial charge < -0.3 is 0 Å². The molecule has 2 amide bonds. The van der Waals surface area contributed by atoms with Crippen molar-refractivity contribution in [2.24, 2.45) is 0 Å². The molecule has 0 unspecified atom stereocenters. The first kappa shape index (κ1) is 14.8. The molecule has 2 N–H and O–H groups in total. The average molecular weight is 360 g/mol. The third-order valence-electron chi connectivity index (χ3n) is 3.37. The zero-order valence-electron chi connectivity index (χ0n) is 11.9. The van der Waals surface area contributed by atoms with Crippen molar-refractivity contribution in [2.45, 2.75) is 0 Å². The van der Waals surface area contributed by atoms with Gasteiger partial charge in [-0.3, -0.25) is 24.8 Å². The van der Waals surface area contributed by atoms with Crippen LogP contribution in [0.5, 0.6) is 0 Å². The molecule has 0 saturated carbocycles. The van der Waals surface area contributed by atoms with Crippen molar-refractivity contribution < 1.29 is 14.0 Å². The van der Waals surface area contributed by atoms with Crippen molar-refractivity contribution in [3.05, 3.63) is 58.2 Å². The van der Waals surface area contributed by atoms with Gasteiger partial charge in [-0.2, -0.15) is 0 Å². The fourth-order valence-corrected chi connectivity index (χ4v) is 3.94. The molecule has 120 valence electrons. The van der Waals surface area contributed by atoms with Crippen molar-refractivity contribution in [1.29, 1.82) is 0 Å². The molecule has 4 rings (SSSR count). The number of carbonyl (C=O) groups is 2. The Morgan fingerprint density at radius 2 is 1.96 bits per heavy atom. The lowest BCUT2D eigenvalue weighted by Gasteiger charge is -2.06. The molecule has 0 bridgehead atoms. The van der Waals surface area contributed by atoms with Crippen LogP contribution < -0.4 is 10.9 Å². The van der Waals surface area contributed by atoms with Crippen LogP contribution in [-0.2, 0) is 0 Å². The quantitative estimate of drug-likeness (QED) is 0.540. The van der Waals surface area contributed by atoms with E-state index in [4.69, 9.17) is 0 Å². The van der Waals surface area contributed by atoms with Crippen molar-refractivity contribution in [3.63, 3.8) is 0 Å². The highest BCUT2D eigenvalue weighted by molar-refractivity contribution is 7.21. The van der Waals surface area contributed by atoms with Crippen molar-refractivity contribution in [3.8, 4) is 0 Å². The Hall–Kier alpha value is -2.78. The lowest BCUT2D eigenvalue weighted by atomic mass is 10.2. The maximum Gasteiger partial charge on any atom is 0.279 e. The summed E-state index contributed by atoms with van der Waals surface area (Å²) in [6.45, 7) is 0. The van der Waals surface area contributed by atoms with Gasteiger partial charge in [0.05, 0.1) is 16.0 Å². The van der Waals surface area contributed by atoms with Gasteiger partial charge in [0.15, 0.2) is 4.96 Å². The molecule has 6 nitrogen and oxygen atoms in total. The number of imidazole rings is 1. The van der Waals surface area contributed by atoms with Gasteiger partial charge in [0.2, 0.25) is 0 Å². The Kier molecular flexibility index (Phi) is 3.51. The molecule has 0 radical (unpaired) electrons. The number of nitrogens with one attached hydrogen (secondary N) is 2. The van der Waals surface area contributed by atoms with Crippen LogP contribution >= 0.6 is 22.7 Å². The highest BCUT2D eigenvalue weighted by Gasteiger charge is 2.16. The van der Waals surface area contributed by atoms with Crippen molar-refractivity contribution in [1.82, 2.24) is 20.2 Å². The highest BCUT2D eigenvalue weighted by Crippen LogP contribution is 2.28. The lowest BCUT2D eigenvalue weighted by molar-refractivity contribution is 0.0846. The summed E-state index contributed by atoms with van der Waals surface area (Å²) >= 11 is 2.73. The molecule has 0 spiro atoms. The molecule has 9 heteroatoms. The first-order valence-electron chi connectivity index (χ1n) is 6.84. The lowest BCUT2D eigenvalue weighted by Crippen LogP contribution is -2.41. The SMILES string of the molecule is O=C(NNC(=O)c1ccccc1F)c1cc2c(nc3sccn32)s1. The predicted molar refractivity (Wildman–Crippen MR) is 89.8 cm³/mol. The summed E-state index contributed by atoms with van der Waals surface area (Å²) in [6, 6.07) is 7.25. The monoisotopic (exact) mass is 360 g/mol. The number of thiazole rings is 1. The molecule has 1 aromatic carbocycles. The van der Waals surface area contributed by atoms with Gasteiger partial charge in [-0.25, -0.2) is 9.37 Å². The smallest absolute Gasteiger partial charge is 0.279 e. The van der Waals surface area contributed by atoms with E-state index in [1.54, 1.807) is 12.1 Å². The number of aromatic nitrogens is 2. The summed E-state index contributed by atoms with van der Waals surface area (Å²) < 4.78 is 15.4. The first-order chi connectivity index (χ1) is 11.6. The number of halogens is 1. The Morgan fingerprint density at radius 3 is 2.79 bits per heavy atom. The Labute approximate surface area is 142 Å². The second kappa shape index (κ2) is 5.69. The summed E-state index contributed by atoms with van der Waals surface area (Å²) in [7, 11) is 0. The minimum absolute atomic E-state index is 0.139. The zero-order chi connectivity index (χ0) is 16.7. The van der Waals surface area contributed by atoms with E-state index in [-0.39, 0.29) is 5.56 Å². The van der Waals surface area contributed by atoms with Crippen molar-refractivity contribution in [2.75, 3.05) is 0 Å². The summed E-state index contributed by atoms with van der Waals surface area (Å²) in [5, 5.41) is 1.91.